The molecule has 0 amide bonds. The van der Waals surface area contributed by atoms with E-state index < -0.39 is 0 Å². The molecule has 0 radical (unpaired) electrons. The molecule has 0 aliphatic rings. The highest BCUT2D eigenvalue weighted by molar-refractivity contribution is 9.10. The van der Waals surface area contributed by atoms with Gasteiger partial charge < -0.3 is 0 Å². The summed E-state index contributed by atoms with van der Waals surface area (Å²) in [6.45, 7) is 1.94. The second-order valence-corrected chi connectivity index (χ2v) is 5.99. The van der Waals surface area contributed by atoms with Crippen LogP contribution in [0.4, 0.5) is 4.39 Å². The summed E-state index contributed by atoms with van der Waals surface area (Å²) in [5.74, 6) is 5.34. The number of hydrogen-bond donors (Lipinski definition) is 2. The smallest absolute Gasteiger partial charge is 0.127 e. The number of aryl methyl sites for hydroxylation is 1. The van der Waals surface area contributed by atoms with Crippen LogP contribution in [0, 0.1) is 12.7 Å². The molecule has 2 aromatic rings. The van der Waals surface area contributed by atoms with E-state index in [-0.39, 0.29) is 11.9 Å². The van der Waals surface area contributed by atoms with E-state index >= 15 is 0 Å². The predicted octanol–water partition coefficient (Wildman–Crippen LogP) is 4.30. The van der Waals surface area contributed by atoms with Gasteiger partial charge >= 0.3 is 0 Å². The van der Waals surface area contributed by atoms with E-state index in [4.69, 9.17) is 17.4 Å². The Morgan fingerprint density at radius 2 is 2.05 bits per heavy atom. The van der Waals surface area contributed by atoms with Crippen LogP contribution in [0.3, 0.4) is 0 Å². The quantitative estimate of drug-likeness (QED) is 0.632. The van der Waals surface area contributed by atoms with Crippen LogP contribution in [0.1, 0.15) is 22.7 Å². The van der Waals surface area contributed by atoms with Gasteiger partial charge in [0.05, 0.1) is 6.04 Å². The minimum Gasteiger partial charge on any atom is -0.271 e. The van der Waals surface area contributed by atoms with Crippen molar-refractivity contribution in [3.8, 4) is 0 Å². The number of nitrogens with one attached hydrogen (secondary N) is 1. The van der Waals surface area contributed by atoms with E-state index in [0.717, 1.165) is 15.6 Å². The largest absolute Gasteiger partial charge is 0.271 e. The number of hydrogen-bond acceptors (Lipinski definition) is 2. The second-order valence-electron chi connectivity index (χ2n) is 4.67. The first-order chi connectivity index (χ1) is 9.51. The maximum Gasteiger partial charge on any atom is 0.127 e. The molecule has 0 bridgehead atoms. The molecule has 0 saturated heterocycles. The minimum absolute atomic E-state index is 0.191. The first kappa shape index (κ1) is 15.4. The fourth-order valence-corrected chi connectivity index (χ4v) is 2.53. The number of nitrogens with two attached hydrogens (primary N) is 1. The van der Waals surface area contributed by atoms with Gasteiger partial charge in [-0.2, -0.15) is 0 Å². The van der Waals surface area contributed by atoms with E-state index in [1.807, 2.05) is 31.2 Å². The van der Waals surface area contributed by atoms with Gasteiger partial charge in [-0.1, -0.05) is 45.7 Å². The standard InChI is InChI=1S/C15H15BrClFN2/c1-9-2-3-11(6-13(9)17)15(20-19)7-10-4-5-12(16)8-14(10)18/h2-6,8,15,20H,7,19H2,1H3. The maximum absolute atomic E-state index is 13.9. The van der Waals surface area contributed by atoms with Gasteiger partial charge in [-0.3, -0.25) is 11.3 Å². The molecule has 2 rings (SSSR count). The third kappa shape index (κ3) is 3.58. The molecule has 5 heteroatoms. The minimum atomic E-state index is -0.252. The number of rotatable bonds is 4. The molecule has 0 aliphatic heterocycles. The Balaban J connectivity index is 2.26. The Hall–Kier alpha value is -0.940. The molecule has 0 spiro atoms. The molecule has 0 aromatic heterocycles. The van der Waals surface area contributed by atoms with Crippen LogP contribution in [-0.4, -0.2) is 0 Å². The molecule has 106 valence electrons. The van der Waals surface area contributed by atoms with E-state index in [1.165, 1.54) is 6.07 Å². The summed E-state index contributed by atoms with van der Waals surface area (Å²) in [6, 6.07) is 10.6. The lowest BCUT2D eigenvalue weighted by atomic mass is 9.98. The van der Waals surface area contributed by atoms with Gasteiger partial charge in [0.15, 0.2) is 0 Å². The van der Waals surface area contributed by atoms with Gasteiger partial charge in [0.25, 0.3) is 0 Å². The van der Waals surface area contributed by atoms with Crippen molar-refractivity contribution in [3.63, 3.8) is 0 Å². The Kier molecular flexibility index (Phi) is 5.16. The summed E-state index contributed by atoms with van der Waals surface area (Å²) in [5.41, 5.74) is 5.26. The molecule has 0 fully saturated rings. The highest BCUT2D eigenvalue weighted by atomic mass is 79.9. The third-order valence-corrected chi connectivity index (χ3v) is 4.14. The summed E-state index contributed by atoms with van der Waals surface area (Å²) in [5, 5.41) is 0.680. The summed E-state index contributed by atoms with van der Waals surface area (Å²) < 4.78 is 14.6. The van der Waals surface area contributed by atoms with Crippen molar-refractivity contribution in [3.05, 3.63) is 68.4 Å². The third-order valence-electron chi connectivity index (χ3n) is 3.24. The molecule has 2 aromatic carbocycles. The van der Waals surface area contributed by atoms with Gasteiger partial charge in [-0.15, -0.1) is 0 Å². The number of halogens is 3. The fraction of sp³-hybridized carbons (Fsp3) is 0.200. The van der Waals surface area contributed by atoms with Crippen molar-refractivity contribution in [1.82, 2.24) is 5.43 Å². The van der Waals surface area contributed by atoms with Crippen molar-refractivity contribution in [2.24, 2.45) is 5.84 Å². The summed E-state index contributed by atoms with van der Waals surface area (Å²) in [4.78, 5) is 0. The van der Waals surface area contributed by atoms with Gasteiger partial charge in [0.1, 0.15) is 5.82 Å². The van der Waals surface area contributed by atoms with E-state index in [1.54, 1.807) is 6.07 Å². The van der Waals surface area contributed by atoms with Crippen LogP contribution >= 0.6 is 27.5 Å². The SMILES string of the molecule is Cc1ccc(C(Cc2ccc(Br)cc2F)NN)cc1Cl. The summed E-state index contributed by atoms with van der Waals surface area (Å²) in [6.07, 6.45) is 0.453. The van der Waals surface area contributed by atoms with Gasteiger partial charge in [0.2, 0.25) is 0 Å². The lowest BCUT2D eigenvalue weighted by Crippen LogP contribution is -2.29. The molecule has 2 nitrogen and oxygen atoms in total. The fourth-order valence-electron chi connectivity index (χ4n) is 2.01. The topological polar surface area (TPSA) is 38.0 Å². The van der Waals surface area contributed by atoms with Gasteiger partial charge in [-0.25, -0.2) is 4.39 Å². The lowest BCUT2D eigenvalue weighted by molar-refractivity contribution is 0.529. The first-order valence-corrected chi connectivity index (χ1v) is 7.34. The summed E-state index contributed by atoms with van der Waals surface area (Å²) >= 11 is 9.37. The molecule has 0 heterocycles. The molecule has 0 aliphatic carbocycles. The molecular weight excluding hydrogens is 343 g/mol. The normalized spacial score (nSPS) is 12.4. The average molecular weight is 358 g/mol. The van der Waals surface area contributed by atoms with Gasteiger partial charge in [0, 0.05) is 9.50 Å². The summed E-state index contributed by atoms with van der Waals surface area (Å²) in [7, 11) is 0. The predicted molar refractivity (Wildman–Crippen MR) is 84.1 cm³/mol. The monoisotopic (exact) mass is 356 g/mol. The van der Waals surface area contributed by atoms with E-state index in [2.05, 4.69) is 21.4 Å². The zero-order valence-corrected chi connectivity index (χ0v) is 13.3. The Morgan fingerprint density at radius 1 is 1.30 bits per heavy atom. The molecular formula is C15H15BrClFN2. The Labute approximate surface area is 131 Å². The van der Waals surface area contributed by atoms with Crippen LogP contribution in [0.5, 0.6) is 0 Å². The van der Waals surface area contributed by atoms with E-state index in [0.29, 0.717) is 17.0 Å². The molecule has 20 heavy (non-hydrogen) atoms. The Morgan fingerprint density at radius 3 is 2.65 bits per heavy atom. The molecule has 0 saturated carbocycles. The molecule has 1 atom stereocenters. The highest BCUT2D eigenvalue weighted by Crippen LogP contribution is 2.25. The van der Waals surface area contributed by atoms with Crippen LogP contribution in [-0.2, 0) is 6.42 Å². The van der Waals surface area contributed by atoms with Crippen molar-refractivity contribution in [1.29, 1.82) is 0 Å². The highest BCUT2D eigenvalue weighted by Gasteiger charge is 2.14. The van der Waals surface area contributed by atoms with Crippen molar-refractivity contribution < 1.29 is 4.39 Å². The van der Waals surface area contributed by atoms with E-state index in [9.17, 15) is 4.39 Å². The van der Waals surface area contributed by atoms with Crippen molar-refractivity contribution in [2.45, 2.75) is 19.4 Å². The average Bonchev–Trinajstić information content (AvgIpc) is 2.41. The zero-order chi connectivity index (χ0) is 14.7. The maximum atomic E-state index is 13.9. The Bertz CT molecular complexity index is 619. The van der Waals surface area contributed by atoms with Crippen molar-refractivity contribution >= 4 is 27.5 Å². The van der Waals surface area contributed by atoms with Crippen LogP contribution < -0.4 is 11.3 Å². The van der Waals surface area contributed by atoms with Crippen molar-refractivity contribution in [2.75, 3.05) is 0 Å². The molecule has 3 N–H and O–H groups in total. The number of benzene rings is 2. The van der Waals surface area contributed by atoms with Crippen LogP contribution in [0.15, 0.2) is 40.9 Å². The first-order valence-electron chi connectivity index (χ1n) is 6.17. The lowest BCUT2D eigenvalue weighted by Gasteiger charge is -2.17. The molecule has 1 unspecified atom stereocenters. The zero-order valence-electron chi connectivity index (χ0n) is 11.0. The van der Waals surface area contributed by atoms with Crippen LogP contribution in [0.25, 0.3) is 0 Å². The van der Waals surface area contributed by atoms with Crippen LogP contribution in [0.2, 0.25) is 5.02 Å². The van der Waals surface area contributed by atoms with Gasteiger partial charge in [-0.05, 0) is 48.2 Å². The number of hydrazine groups is 1. The second kappa shape index (κ2) is 6.68.